The Bertz CT molecular complexity index is 144. The second-order valence-corrected chi connectivity index (χ2v) is 3.85. The Kier molecular flexibility index (Phi) is 3.46. The molecular weight excluding hydrogens is 154 g/mol. The van der Waals surface area contributed by atoms with Crippen LogP contribution in [0, 0.1) is 5.92 Å². The summed E-state index contributed by atoms with van der Waals surface area (Å²) in [5.74, 6) is 1.70. The van der Waals surface area contributed by atoms with Gasteiger partial charge in [-0.05, 0) is 18.9 Å². The second kappa shape index (κ2) is 4.17. The molecule has 0 aromatic rings. The van der Waals surface area contributed by atoms with Crippen molar-refractivity contribution in [3.05, 3.63) is 12.2 Å². The molecule has 64 valence electrons. The third-order valence-corrected chi connectivity index (χ3v) is 2.63. The predicted octanol–water partition coefficient (Wildman–Crippen LogP) is 1.81. The van der Waals surface area contributed by atoms with Crippen molar-refractivity contribution in [2.24, 2.45) is 5.92 Å². The van der Waals surface area contributed by atoms with E-state index < -0.39 is 0 Å². The van der Waals surface area contributed by atoms with Gasteiger partial charge in [0.1, 0.15) is 0 Å². The summed E-state index contributed by atoms with van der Waals surface area (Å²) in [5.41, 5.74) is 1.24. The van der Waals surface area contributed by atoms with Crippen molar-refractivity contribution in [3.63, 3.8) is 0 Å². The van der Waals surface area contributed by atoms with Gasteiger partial charge >= 0.3 is 0 Å². The monoisotopic (exact) mass is 171 g/mol. The summed E-state index contributed by atoms with van der Waals surface area (Å²) in [7, 11) is 0. The molecule has 0 aromatic carbocycles. The lowest BCUT2D eigenvalue weighted by atomic mass is 10.2. The molecule has 0 radical (unpaired) electrons. The summed E-state index contributed by atoms with van der Waals surface area (Å²) in [4.78, 5) is 2.46. The van der Waals surface area contributed by atoms with Gasteiger partial charge in [0.25, 0.3) is 0 Å². The minimum atomic E-state index is 0.824. The van der Waals surface area contributed by atoms with E-state index in [2.05, 4.69) is 31.0 Å². The van der Waals surface area contributed by atoms with Crippen LogP contribution in [-0.4, -0.2) is 30.3 Å². The zero-order chi connectivity index (χ0) is 8.27. The lowest BCUT2D eigenvalue weighted by Gasteiger charge is -2.15. The maximum atomic E-state index is 4.18. The Morgan fingerprint density at radius 3 is 2.91 bits per heavy atom. The highest BCUT2D eigenvalue weighted by Crippen LogP contribution is 2.15. The van der Waals surface area contributed by atoms with Gasteiger partial charge in [0.2, 0.25) is 0 Å². The molecule has 0 spiro atoms. The van der Waals surface area contributed by atoms with Crippen LogP contribution in [0.4, 0.5) is 0 Å². The van der Waals surface area contributed by atoms with E-state index in [4.69, 9.17) is 0 Å². The summed E-state index contributed by atoms with van der Waals surface area (Å²) in [6.07, 6.45) is 1.35. The van der Waals surface area contributed by atoms with Gasteiger partial charge in [-0.1, -0.05) is 19.1 Å². The highest BCUT2D eigenvalue weighted by Gasteiger charge is 2.17. The Morgan fingerprint density at radius 1 is 1.73 bits per heavy atom. The largest absolute Gasteiger partial charge is 0.299 e. The van der Waals surface area contributed by atoms with Crippen molar-refractivity contribution >= 4 is 12.6 Å². The first kappa shape index (κ1) is 9.14. The van der Waals surface area contributed by atoms with Gasteiger partial charge in [-0.3, -0.25) is 4.90 Å². The van der Waals surface area contributed by atoms with Gasteiger partial charge in [0, 0.05) is 18.8 Å². The van der Waals surface area contributed by atoms with Gasteiger partial charge < -0.3 is 0 Å². The number of hydrogen-bond acceptors (Lipinski definition) is 2. The van der Waals surface area contributed by atoms with E-state index in [1.54, 1.807) is 0 Å². The van der Waals surface area contributed by atoms with Crippen molar-refractivity contribution in [2.75, 3.05) is 25.4 Å². The SMILES string of the molecule is C=C(CS)CN1CCC(C)C1. The van der Waals surface area contributed by atoms with Crippen LogP contribution in [0.1, 0.15) is 13.3 Å². The summed E-state index contributed by atoms with van der Waals surface area (Å²) >= 11 is 4.18. The van der Waals surface area contributed by atoms with E-state index in [0.29, 0.717) is 0 Å². The quantitative estimate of drug-likeness (QED) is 0.501. The average molecular weight is 171 g/mol. The van der Waals surface area contributed by atoms with E-state index in [0.717, 1.165) is 18.2 Å². The molecule has 1 aliphatic heterocycles. The Morgan fingerprint density at radius 2 is 2.45 bits per heavy atom. The van der Waals surface area contributed by atoms with Gasteiger partial charge in [0.15, 0.2) is 0 Å². The normalized spacial score (nSPS) is 25.8. The van der Waals surface area contributed by atoms with Crippen LogP contribution < -0.4 is 0 Å². The lowest BCUT2D eigenvalue weighted by Crippen LogP contribution is -2.23. The van der Waals surface area contributed by atoms with Crippen molar-refractivity contribution in [3.8, 4) is 0 Å². The Hall–Kier alpha value is 0.0500. The maximum absolute atomic E-state index is 4.18. The van der Waals surface area contributed by atoms with Crippen molar-refractivity contribution in [1.82, 2.24) is 4.90 Å². The molecule has 1 saturated heterocycles. The molecule has 1 nitrogen and oxygen atoms in total. The van der Waals surface area contributed by atoms with E-state index in [1.807, 2.05) is 0 Å². The molecule has 1 fully saturated rings. The maximum Gasteiger partial charge on any atom is 0.0198 e. The smallest absolute Gasteiger partial charge is 0.0198 e. The standard InChI is InChI=1S/C9H17NS/c1-8-3-4-10(5-8)6-9(2)7-11/h8,11H,2-7H2,1H3. The number of rotatable bonds is 3. The first-order chi connectivity index (χ1) is 5.22. The van der Waals surface area contributed by atoms with Gasteiger partial charge in [-0.2, -0.15) is 12.6 Å². The van der Waals surface area contributed by atoms with Gasteiger partial charge in [-0.25, -0.2) is 0 Å². The van der Waals surface area contributed by atoms with E-state index in [9.17, 15) is 0 Å². The first-order valence-corrected chi connectivity index (χ1v) is 4.85. The molecule has 1 aliphatic rings. The van der Waals surface area contributed by atoms with Crippen molar-refractivity contribution < 1.29 is 0 Å². The summed E-state index contributed by atoms with van der Waals surface area (Å²) < 4.78 is 0. The molecule has 1 heterocycles. The highest BCUT2D eigenvalue weighted by molar-refractivity contribution is 7.80. The molecule has 0 N–H and O–H groups in total. The number of hydrogen-bond donors (Lipinski definition) is 1. The van der Waals surface area contributed by atoms with Crippen LogP contribution in [0.2, 0.25) is 0 Å². The fourth-order valence-corrected chi connectivity index (χ4v) is 1.64. The molecular formula is C9H17NS. The average Bonchev–Trinajstić information content (AvgIpc) is 2.35. The Balaban J connectivity index is 2.23. The van der Waals surface area contributed by atoms with Crippen LogP contribution in [0.25, 0.3) is 0 Å². The van der Waals surface area contributed by atoms with E-state index in [-0.39, 0.29) is 0 Å². The highest BCUT2D eigenvalue weighted by atomic mass is 32.1. The van der Waals surface area contributed by atoms with Crippen LogP contribution in [-0.2, 0) is 0 Å². The zero-order valence-corrected chi connectivity index (χ0v) is 8.11. The number of likely N-dealkylation sites (tertiary alicyclic amines) is 1. The minimum Gasteiger partial charge on any atom is -0.299 e. The molecule has 0 amide bonds. The zero-order valence-electron chi connectivity index (χ0n) is 7.21. The fraction of sp³-hybridized carbons (Fsp3) is 0.778. The number of nitrogens with zero attached hydrogens (tertiary/aromatic N) is 1. The molecule has 1 atom stereocenters. The van der Waals surface area contributed by atoms with E-state index in [1.165, 1.54) is 25.1 Å². The summed E-state index contributed by atoms with van der Waals surface area (Å²) in [5, 5.41) is 0. The van der Waals surface area contributed by atoms with E-state index >= 15 is 0 Å². The molecule has 2 heteroatoms. The van der Waals surface area contributed by atoms with Gasteiger partial charge in [-0.15, -0.1) is 0 Å². The van der Waals surface area contributed by atoms with Crippen LogP contribution >= 0.6 is 12.6 Å². The topological polar surface area (TPSA) is 3.24 Å². The van der Waals surface area contributed by atoms with Crippen LogP contribution in [0.3, 0.4) is 0 Å². The molecule has 1 unspecified atom stereocenters. The molecule has 0 bridgehead atoms. The predicted molar refractivity (Wildman–Crippen MR) is 53.2 cm³/mol. The molecule has 11 heavy (non-hydrogen) atoms. The van der Waals surface area contributed by atoms with Gasteiger partial charge in [0.05, 0.1) is 0 Å². The molecule has 0 saturated carbocycles. The molecule has 0 aromatic heterocycles. The number of thiol groups is 1. The fourth-order valence-electron chi connectivity index (χ4n) is 1.54. The second-order valence-electron chi connectivity index (χ2n) is 3.54. The third kappa shape index (κ3) is 2.88. The van der Waals surface area contributed by atoms with Crippen LogP contribution in [0.5, 0.6) is 0 Å². The molecule has 1 rings (SSSR count). The summed E-state index contributed by atoms with van der Waals surface area (Å²) in [6, 6.07) is 0. The molecule has 0 aliphatic carbocycles. The minimum absolute atomic E-state index is 0.824. The Labute approximate surface area is 74.9 Å². The van der Waals surface area contributed by atoms with Crippen molar-refractivity contribution in [2.45, 2.75) is 13.3 Å². The third-order valence-electron chi connectivity index (χ3n) is 2.18. The summed E-state index contributed by atoms with van der Waals surface area (Å²) in [6.45, 7) is 9.79. The first-order valence-electron chi connectivity index (χ1n) is 4.22. The van der Waals surface area contributed by atoms with Crippen molar-refractivity contribution in [1.29, 1.82) is 0 Å². The van der Waals surface area contributed by atoms with Crippen LogP contribution in [0.15, 0.2) is 12.2 Å². The lowest BCUT2D eigenvalue weighted by molar-refractivity contribution is 0.356.